The molecule has 7 heteroatoms. The van der Waals surface area contributed by atoms with E-state index in [0.29, 0.717) is 11.3 Å². The van der Waals surface area contributed by atoms with Crippen molar-refractivity contribution in [1.82, 2.24) is 5.32 Å². The van der Waals surface area contributed by atoms with Crippen LogP contribution in [0.15, 0.2) is 24.3 Å². The van der Waals surface area contributed by atoms with Gasteiger partial charge in [0, 0.05) is 5.56 Å². The summed E-state index contributed by atoms with van der Waals surface area (Å²) in [4.78, 5) is 23.0. The molecule has 1 aromatic rings. The number of hydrogen-bond acceptors (Lipinski definition) is 5. The predicted molar refractivity (Wildman–Crippen MR) is 78.7 cm³/mol. The average molecular weight is 311 g/mol. The second kappa shape index (κ2) is 7.13. The van der Waals surface area contributed by atoms with Crippen LogP contribution in [0.4, 0.5) is 4.79 Å². The van der Waals surface area contributed by atoms with E-state index in [9.17, 15) is 14.7 Å². The standard InChI is InChI=1S/C15H21NO6/c1-15(2,3)22-14(20)16-11(12(17)13(18)19)9-7-5-6-8-10(9)21-4/h5-8,11-12,17H,1-4H3,(H,16,20)(H,18,19). The molecule has 122 valence electrons. The first-order valence-electron chi connectivity index (χ1n) is 6.69. The van der Waals surface area contributed by atoms with Crippen molar-refractivity contribution in [3.05, 3.63) is 29.8 Å². The van der Waals surface area contributed by atoms with Gasteiger partial charge in [0.05, 0.1) is 13.2 Å². The molecular weight excluding hydrogens is 290 g/mol. The maximum Gasteiger partial charge on any atom is 0.408 e. The molecule has 0 spiro atoms. The lowest BCUT2D eigenvalue weighted by Gasteiger charge is -2.26. The molecule has 0 bridgehead atoms. The molecule has 3 N–H and O–H groups in total. The van der Waals surface area contributed by atoms with Crippen molar-refractivity contribution in [2.45, 2.75) is 38.5 Å². The Labute approximate surface area is 128 Å². The van der Waals surface area contributed by atoms with Gasteiger partial charge in [-0.1, -0.05) is 18.2 Å². The number of aliphatic hydroxyl groups excluding tert-OH is 1. The van der Waals surface area contributed by atoms with Gasteiger partial charge in [-0.25, -0.2) is 9.59 Å². The molecule has 0 saturated carbocycles. The Balaban J connectivity index is 3.09. The van der Waals surface area contributed by atoms with Crippen molar-refractivity contribution < 1.29 is 29.3 Å². The van der Waals surface area contributed by atoms with Crippen LogP contribution in [0.2, 0.25) is 0 Å². The molecule has 1 amide bonds. The highest BCUT2D eigenvalue weighted by atomic mass is 16.6. The Morgan fingerprint density at radius 3 is 2.32 bits per heavy atom. The molecule has 0 aliphatic rings. The van der Waals surface area contributed by atoms with Gasteiger partial charge in [-0.3, -0.25) is 0 Å². The number of aliphatic carboxylic acids is 1. The van der Waals surface area contributed by atoms with Crippen LogP contribution in [0.5, 0.6) is 5.75 Å². The summed E-state index contributed by atoms with van der Waals surface area (Å²) in [6, 6.07) is 5.31. The third-order valence-electron chi connectivity index (χ3n) is 2.71. The predicted octanol–water partition coefficient (Wildman–Crippen LogP) is 1.71. The maximum atomic E-state index is 11.9. The first-order valence-corrected chi connectivity index (χ1v) is 6.69. The number of ether oxygens (including phenoxy) is 2. The fourth-order valence-corrected chi connectivity index (χ4v) is 1.83. The van der Waals surface area contributed by atoms with Gasteiger partial charge in [0.25, 0.3) is 0 Å². The number of carboxylic acids is 1. The van der Waals surface area contributed by atoms with Gasteiger partial charge in [0.2, 0.25) is 0 Å². The highest BCUT2D eigenvalue weighted by Gasteiger charge is 2.32. The second-order valence-electron chi connectivity index (χ2n) is 5.65. The summed E-state index contributed by atoms with van der Waals surface area (Å²) < 4.78 is 10.2. The van der Waals surface area contributed by atoms with E-state index in [1.807, 2.05) is 0 Å². The van der Waals surface area contributed by atoms with E-state index in [1.165, 1.54) is 7.11 Å². The normalized spacial score (nSPS) is 13.9. The molecule has 0 aliphatic heterocycles. The number of carbonyl (C=O) groups is 2. The molecule has 1 aromatic carbocycles. The SMILES string of the molecule is COc1ccccc1C(NC(=O)OC(C)(C)C)C(O)C(=O)O. The molecule has 1 rings (SSSR count). The van der Waals surface area contributed by atoms with Crippen LogP contribution in [0.3, 0.4) is 0 Å². The Bertz CT molecular complexity index is 537. The fourth-order valence-electron chi connectivity index (χ4n) is 1.83. The lowest BCUT2D eigenvalue weighted by molar-refractivity contribution is -0.148. The molecule has 2 unspecified atom stereocenters. The molecule has 0 fully saturated rings. The van der Waals surface area contributed by atoms with Gasteiger partial charge in [-0.2, -0.15) is 0 Å². The number of nitrogens with one attached hydrogen (secondary N) is 1. The zero-order valence-corrected chi connectivity index (χ0v) is 13.0. The number of aliphatic hydroxyl groups is 1. The van der Waals surface area contributed by atoms with Crippen LogP contribution in [0.25, 0.3) is 0 Å². The maximum absolute atomic E-state index is 11.9. The van der Waals surface area contributed by atoms with E-state index in [1.54, 1.807) is 45.0 Å². The number of amides is 1. The minimum Gasteiger partial charge on any atom is -0.496 e. The third kappa shape index (κ3) is 4.92. The number of carboxylic acid groups (broad SMARTS) is 1. The number of carbonyl (C=O) groups excluding carboxylic acids is 1. The number of methoxy groups -OCH3 is 1. The lowest BCUT2D eigenvalue weighted by atomic mass is 10.0. The molecule has 2 atom stereocenters. The van der Waals surface area contributed by atoms with E-state index in [-0.39, 0.29) is 0 Å². The summed E-state index contributed by atoms with van der Waals surface area (Å²) in [6.07, 6.45) is -2.67. The summed E-state index contributed by atoms with van der Waals surface area (Å²) in [5.41, 5.74) is -0.408. The zero-order chi connectivity index (χ0) is 16.9. The van der Waals surface area contributed by atoms with Crippen LogP contribution in [0, 0.1) is 0 Å². The highest BCUT2D eigenvalue weighted by Crippen LogP contribution is 2.27. The van der Waals surface area contributed by atoms with Crippen molar-refractivity contribution >= 4 is 12.1 Å². The Morgan fingerprint density at radius 1 is 1.23 bits per heavy atom. The lowest BCUT2D eigenvalue weighted by Crippen LogP contribution is -2.42. The third-order valence-corrected chi connectivity index (χ3v) is 2.71. The van der Waals surface area contributed by atoms with Crippen molar-refractivity contribution in [1.29, 1.82) is 0 Å². The van der Waals surface area contributed by atoms with E-state index < -0.39 is 29.8 Å². The van der Waals surface area contributed by atoms with Gasteiger partial charge in [0.15, 0.2) is 6.10 Å². The van der Waals surface area contributed by atoms with Crippen molar-refractivity contribution in [2.24, 2.45) is 0 Å². The van der Waals surface area contributed by atoms with Crippen LogP contribution >= 0.6 is 0 Å². The number of hydrogen-bond donors (Lipinski definition) is 3. The van der Waals surface area contributed by atoms with Crippen LogP contribution < -0.4 is 10.1 Å². The summed E-state index contributed by atoms with van der Waals surface area (Å²) in [5.74, 6) is -1.11. The second-order valence-corrected chi connectivity index (χ2v) is 5.65. The van der Waals surface area contributed by atoms with Crippen LogP contribution in [-0.2, 0) is 9.53 Å². The summed E-state index contributed by atoms with van der Waals surface area (Å²) >= 11 is 0. The zero-order valence-electron chi connectivity index (χ0n) is 13.0. The topological polar surface area (TPSA) is 105 Å². The quantitative estimate of drug-likeness (QED) is 0.764. The molecule has 22 heavy (non-hydrogen) atoms. The smallest absolute Gasteiger partial charge is 0.408 e. The van der Waals surface area contributed by atoms with Gasteiger partial charge in [-0.05, 0) is 26.8 Å². The first-order chi connectivity index (χ1) is 10.2. The number of para-hydroxylation sites is 1. The van der Waals surface area contributed by atoms with Gasteiger partial charge >= 0.3 is 12.1 Å². The van der Waals surface area contributed by atoms with E-state index >= 15 is 0 Å². The first kappa shape index (κ1) is 17.8. The molecule has 0 aliphatic carbocycles. The van der Waals surface area contributed by atoms with Crippen molar-refractivity contribution in [3.63, 3.8) is 0 Å². The van der Waals surface area contributed by atoms with Crippen LogP contribution in [-0.4, -0.2) is 41.1 Å². The van der Waals surface area contributed by atoms with Crippen molar-refractivity contribution in [3.8, 4) is 5.75 Å². The molecule has 0 heterocycles. The average Bonchev–Trinajstić information content (AvgIpc) is 2.42. The Hall–Kier alpha value is -2.28. The molecular formula is C15H21NO6. The summed E-state index contributed by atoms with van der Waals surface area (Å²) in [5, 5.41) is 21.3. The molecule has 7 nitrogen and oxygen atoms in total. The van der Waals surface area contributed by atoms with E-state index in [4.69, 9.17) is 14.6 Å². The monoisotopic (exact) mass is 311 g/mol. The molecule has 0 aromatic heterocycles. The van der Waals surface area contributed by atoms with Crippen LogP contribution in [0.1, 0.15) is 32.4 Å². The molecule has 0 radical (unpaired) electrons. The highest BCUT2D eigenvalue weighted by molar-refractivity contribution is 5.76. The van der Waals surface area contributed by atoms with E-state index in [0.717, 1.165) is 0 Å². The van der Waals surface area contributed by atoms with Gasteiger partial charge in [0.1, 0.15) is 11.4 Å². The van der Waals surface area contributed by atoms with Crippen molar-refractivity contribution in [2.75, 3.05) is 7.11 Å². The Kier molecular flexibility index (Phi) is 5.76. The van der Waals surface area contributed by atoms with Gasteiger partial charge in [-0.15, -0.1) is 0 Å². The number of alkyl carbamates (subject to hydrolysis) is 1. The largest absolute Gasteiger partial charge is 0.496 e. The van der Waals surface area contributed by atoms with Gasteiger partial charge < -0.3 is 25.0 Å². The minimum atomic E-state index is -1.84. The Morgan fingerprint density at radius 2 is 1.82 bits per heavy atom. The minimum absolute atomic E-state index is 0.339. The fraction of sp³-hybridized carbons (Fsp3) is 0.467. The summed E-state index contributed by atoms with van der Waals surface area (Å²) in [6.45, 7) is 5.04. The summed E-state index contributed by atoms with van der Waals surface area (Å²) in [7, 11) is 1.41. The molecule has 0 saturated heterocycles. The number of rotatable bonds is 5. The van der Waals surface area contributed by atoms with E-state index in [2.05, 4.69) is 5.32 Å². The number of benzene rings is 1.